The summed E-state index contributed by atoms with van der Waals surface area (Å²) in [5.41, 5.74) is 11.1. The maximum absolute atomic E-state index is 6.02. The summed E-state index contributed by atoms with van der Waals surface area (Å²) in [6.07, 6.45) is 8.84. The highest BCUT2D eigenvalue weighted by molar-refractivity contribution is 6.06. The standard InChI is InChI=1S/C18H24N6/c1-5-6-12(11(2)19)7-8-13-9-14-16-15(21-10-24(16)4)18(20-3)23-17(14)22-13/h5-7,9-11H,8,19H2,1-4H3,(H2,20,22,23)/b6-5-,12-7+. The monoisotopic (exact) mass is 324 g/mol. The molecule has 0 saturated carbocycles. The second-order valence-corrected chi connectivity index (χ2v) is 6.02. The Hall–Kier alpha value is -2.60. The van der Waals surface area contributed by atoms with E-state index in [-0.39, 0.29) is 6.04 Å². The van der Waals surface area contributed by atoms with Gasteiger partial charge in [-0.3, -0.25) is 0 Å². The molecule has 0 aromatic carbocycles. The Balaban J connectivity index is 2.07. The van der Waals surface area contributed by atoms with Crippen LogP contribution in [0.3, 0.4) is 0 Å². The van der Waals surface area contributed by atoms with Gasteiger partial charge in [-0.25, -0.2) is 9.97 Å². The summed E-state index contributed by atoms with van der Waals surface area (Å²) in [6, 6.07) is 2.17. The highest BCUT2D eigenvalue weighted by Crippen LogP contribution is 2.28. The van der Waals surface area contributed by atoms with Crippen molar-refractivity contribution in [2.75, 3.05) is 12.4 Å². The van der Waals surface area contributed by atoms with E-state index in [4.69, 9.17) is 5.73 Å². The van der Waals surface area contributed by atoms with E-state index in [0.717, 1.165) is 45.6 Å². The molecule has 1 atom stereocenters. The summed E-state index contributed by atoms with van der Waals surface area (Å²) in [5, 5.41) is 4.21. The van der Waals surface area contributed by atoms with Gasteiger partial charge in [-0.2, -0.15) is 0 Å². The zero-order valence-electron chi connectivity index (χ0n) is 14.6. The van der Waals surface area contributed by atoms with E-state index in [1.807, 2.05) is 44.9 Å². The van der Waals surface area contributed by atoms with Crippen LogP contribution in [0.15, 0.2) is 36.2 Å². The predicted octanol–water partition coefficient (Wildman–Crippen LogP) is 2.88. The highest BCUT2D eigenvalue weighted by Gasteiger charge is 2.14. The molecule has 0 aliphatic carbocycles. The molecule has 3 heterocycles. The quantitative estimate of drug-likeness (QED) is 0.630. The van der Waals surface area contributed by atoms with Crippen LogP contribution in [0.5, 0.6) is 0 Å². The molecule has 24 heavy (non-hydrogen) atoms. The summed E-state index contributed by atoms with van der Waals surface area (Å²) >= 11 is 0. The largest absolute Gasteiger partial charge is 0.371 e. The summed E-state index contributed by atoms with van der Waals surface area (Å²) in [6.45, 7) is 4.00. The normalized spacial score (nSPS) is 14.1. The molecule has 0 fully saturated rings. The van der Waals surface area contributed by atoms with Gasteiger partial charge in [0.1, 0.15) is 11.2 Å². The minimum atomic E-state index is 0.0170. The molecule has 3 rings (SSSR count). The Morgan fingerprint density at radius 2 is 2.29 bits per heavy atom. The predicted molar refractivity (Wildman–Crippen MR) is 100 cm³/mol. The van der Waals surface area contributed by atoms with Crippen LogP contribution in [-0.2, 0) is 13.5 Å². The van der Waals surface area contributed by atoms with E-state index in [1.165, 1.54) is 0 Å². The third-order valence-electron chi connectivity index (χ3n) is 4.17. The maximum Gasteiger partial charge on any atom is 0.156 e. The lowest BCUT2D eigenvalue weighted by Gasteiger charge is -2.05. The number of aromatic nitrogens is 4. The Kier molecular flexibility index (Phi) is 4.40. The van der Waals surface area contributed by atoms with Crippen LogP contribution >= 0.6 is 0 Å². The maximum atomic E-state index is 6.02. The lowest BCUT2D eigenvalue weighted by Crippen LogP contribution is -2.16. The average Bonchev–Trinajstić information content (AvgIpc) is 3.13. The van der Waals surface area contributed by atoms with Crippen molar-refractivity contribution in [3.63, 3.8) is 0 Å². The molecule has 0 spiro atoms. The minimum Gasteiger partial charge on any atom is -0.371 e. The first kappa shape index (κ1) is 16.3. The summed E-state index contributed by atoms with van der Waals surface area (Å²) in [7, 11) is 3.86. The molecule has 4 N–H and O–H groups in total. The topological polar surface area (TPSA) is 84.5 Å². The number of hydrogen-bond donors (Lipinski definition) is 3. The second kappa shape index (κ2) is 6.49. The number of rotatable bonds is 5. The number of anilines is 1. The Bertz CT molecular complexity index is 926. The zero-order chi connectivity index (χ0) is 17.3. The van der Waals surface area contributed by atoms with Crippen LogP contribution in [-0.4, -0.2) is 32.6 Å². The van der Waals surface area contributed by atoms with Crippen LogP contribution < -0.4 is 11.1 Å². The fourth-order valence-electron chi connectivity index (χ4n) is 2.96. The van der Waals surface area contributed by atoms with Gasteiger partial charge in [-0.05, 0) is 25.5 Å². The van der Waals surface area contributed by atoms with Crippen LogP contribution in [0.4, 0.5) is 5.82 Å². The molecule has 1 unspecified atom stereocenters. The number of hydrogen-bond acceptors (Lipinski definition) is 4. The number of aryl methyl sites for hydroxylation is 1. The number of nitrogens with zero attached hydrogens (tertiary/aromatic N) is 3. The third-order valence-corrected chi connectivity index (χ3v) is 4.17. The molecule has 0 aliphatic rings. The van der Waals surface area contributed by atoms with Crippen molar-refractivity contribution in [2.45, 2.75) is 26.3 Å². The van der Waals surface area contributed by atoms with Gasteiger partial charge in [0.25, 0.3) is 0 Å². The van der Waals surface area contributed by atoms with E-state index in [1.54, 1.807) is 0 Å². The van der Waals surface area contributed by atoms with Gasteiger partial charge < -0.3 is 20.6 Å². The number of fused-ring (bicyclic) bond motifs is 3. The van der Waals surface area contributed by atoms with Crippen LogP contribution in [0.2, 0.25) is 0 Å². The first-order valence-electron chi connectivity index (χ1n) is 8.13. The van der Waals surface area contributed by atoms with Gasteiger partial charge in [0.15, 0.2) is 5.82 Å². The summed E-state index contributed by atoms with van der Waals surface area (Å²) in [5.74, 6) is 0.784. The first-order chi connectivity index (χ1) is 11.5. The van der Waals surface area contributed by atoms with E-state index in [0.29, 0.717) is 0 Å². The minimum absolute atomic E-state index is 0.0170. The third kappa shape index (κ3) is 2.80. The van der Waals surface area contributed by atoms with Crippen molar-refractivity contribution in [1.82, 2.24) is 19.5 Å². The molecule has 0 saturated heterocycles. The van der Waals surface area contributed by atoms with Gasteiger partial charge in [0.05, 0.1) is 11.8 Å². The Morgan fingerprint density at radius 3 is 2.96 bits per heavy atom. The molecule has 0 bridgehead atoms. The van der Waals surface area contributed by atoms with Gasteiger partial charge in [0, 0.05) is 37.6 Å². The van der Waals surface area contributed by atoms with Gasteiger partial charge in [-0.15, -0.1) is 0 Å². The van der Waals surface area contributed by atoms with Crippen molar-refractivity contribution in [2.24, 2.45) is 12.8 Å². The lowest BCUT2D eigenvalue weighted by atomic mass is 10.1. The fourth-order valence-corrected chi connectivity index (χ4v) is 2.96. The van der Waals surface area contributed by atoms with Crippen LogP contribution in [0, 0.1) is 0 Å². The van der Waals surface area contributed by atoms with E-state index >= 15 is 0 Å². The number of H-pyrrole nitrogens is 1. The molecule has 6 nitrogen and oxygen atoms in total. The zero-order valence-corrected chi connectivity index (χ0v) is 14.6. The Morgan fingerprint density at radius 1 is 1.50 bits per heavy atom. The van der Waals surface area contributed by atoms with E-state index in [2.05, 4.69) is 38.5 Å². The summed E-state index contributed by atoms with van der Waals surface area (Å²) < 4.78 is 2.03. The van der Waals surface area contributed by atoms with Crippen molar-refractivity contribution < 1.29 is 0 Å². The Labute approximate surface area is 141 Å². The molecule has 0 radical (unpaired) electrons. The smallest absolute Gasteiger partial charge is 0.156 e. The van der Waals surface area contributed by atoms with Gasteiger partial charge in [0.2, 0.25) is 0 Å². The van der Waals surface area contributed by atoms with Crippen molar-refractivity contribution in [1.29, 1.82) is 0 Å². The number of allylic oxidation sites excluding steroid dienone is 2. The van der Waals surface area contributed by atoms with Gasteiger partial charge in [-0.1, -0.05) is 18.2 Å². The van der Waals surface area contributed by atoms with Crippen molar-refractivity contribution >= 4 is 27.9 Å². The SMILES string of the molecule is C/C=C\C(=C/Cc1cc2c(nc(NC)c3ncn(C)c32)[nH]1)C(C)N. The molecule has 3 aromatic heterocycles. The van der Waals surface area contributed by atoms with Crippen molar-refractivity contribution in [3.8, 4) is 0 Å². The number of pyridine rings is 1. The average molecular weight is 324 g/mol. The van der Waals surface area contributed by atoms with E-state index < -0.39 is 0 Å². The fraction of sp³-hybridized carbons (Fsp3) is 0.333. The number of nitrogens with two attached hydrogens (primary N) is 1. The molecular weight excluding hydrogens is 300 g/mol. The van der Waals surface area contributed by atoms with Gasteiger partial charge >= 0.3 is 0 Å². The molecule has 0 aliphatic heterocycles. The van der Waals surface area contributed by atoms with E-state index in [9.17, 15) is 0 Å². The molecule has 0 amide bonds. The number of aromatic amines is 1. The highest BCUT2D eigenvalue weighted by atomic mass is 15.1. The van der Waals surface area contributed by atoms with Crippen LogP contribution in [0.25, 0.3) is 22.1 Å². The first-order valence-corrected chi connectivity index (χ1v) is 8.13. The van der Waals surface area contributed by atoms with Crippen molar-refractivity contribution in [3.05, 3.63) is 41.9 Å². The molecule has 126 valence electrons. The molecular formula is C18H24N6. The summed E-state index contributed by atoms with van der Waals surface area (Å²) in [4.78, 5) is 12.5. The number of imidazole rings is 1. The lowest BCUT2D eigenvalue weighted by molar-refractivity contribution is 0.876. The van der Waals surface area contributed by atoms with Crippen LogP contribution in [0.1, 0.15) is 19.5 Å². The second-order valence-electron chi connectivity index (χ2n) is 6.02. The number of nitrogens with one attached hydrogen (secondary N) is 2. The molecule has 3 aromatic rings. The molecule has 6 heteroatoms.